The van der Waals surface area contributed by atoms with Crippen LogP contribution in [0.2, 0.25) is 5.02 Å². The van der Waals surface area contributed by atoms with Crippen LogP contribution < -0.4 is 16.0 Å². The lowest BCUT2D eigenvalue weighted by atomic mass is 10.1. The lowest BCUT2D eigenvalue weighted by Gasteiger charge is -2.20. The molecule has 0 aliphatic rings. The van der Waals surface area contributed by atoms with Crippen molar-refractivity contribution in [2.75, 3.05) is 17.7 Å². The number of carbonyl (C=O) groups is 2. The van der Waals surface area contributed by atoms with E-state index in [-0.39, 0.29) is 11.9 Å². The van der Waals surface area contributed by atoms with E-state index in [9.17, 15) is 9.59 Å². The summed E-state index contributed by atoms with van der Waals surface area (Å²) in [4.78, 5) is 23.5. The number of ether oxygens (including phenoxy) is 1. The standard InChI is InChI=1S/C19H22ClN3O3/c1-12(14-4-6-15(20)7-5-14)22-18(24)13(2)21-16-8-10-17(11-9-16)23-19(25)26-3/h4-13,21H,1-3H3,(H,22,24)(H,23,25). The quantitative estimate of drug-likeness (QED) is 0.707. The number of carbonyl (C=O) groups excluding carboxylic acids is 2. The van der Waals surface area contributed by atoms with Crippen LogP contribution >= 0.6 is 11.6 Å². The Kier molecular flexibility index (Phi) is 6.86. The van der Waals surface area contributed by atoms with Gasteiger partial charge in [0.15, 0.2) is 0 Å². The van der Waals surface area contributed by atoms with Crippen molar-refractivity contribution in [3.63, 3.8) is 0 Å². The maximum atomic E-state index is 12.4. The van der Waals surface area contributed by atoms with Gasteiger partial charge in [-0.3, -0.25) is 10.1 Å². The number of hydrogen-bond donors (Lipinski definition) is 3. The Morgan fingerprint density at radius 1 is 0.962 bits per heavy atom. The second-order valence-corrected chi connectivity index (χ2v) is 6.28. The number of amides is 2. The zero-order valence-corrected chi connectivity index (χ0v) is 15.6. The van der Waals surface area contributed by atoms with E-state index in [2.05, 4.69) is 20.7 Å². The summed E-state index contributed by atoms with van der Waals surface area (Å²) in [7, 11) is 1.30. The molecule has 0 aliphatic carbocycles. The van der Waals surface area contributed by atoms with Crippen molar-refractivity contribution in [1.82, 2.24) is 5.32 Å². The van der Waals surface area contributed by atoms with Crippen LogP contribution in [0.5, 0.6) is 0 Å². The van der Waals surface area contributed by atoms with E-state index in [1.807, 2.05) is 19.1 Å². The Hall–Kier alpha value is -2.73. The first kappa shape index (κ1) is 19.6. The molecule has 0 aromatic heterocycles. The van der Waals surface area contributed by atoms with Crippen LogP contribution in [0, 0.1) is 0 Å². The van der Waals surface area contributed by atoms with Gasteiger partial charge in [-0.25, -0.2) is 4.79 Å². The van der Waals surface area contributed by atoms with Crippen molar-refractivity contribution in [1.29, 1.82) is 0 Å². The highest BCUT2D eigenvalue weighted by molar-refractivity contribution is 6.30. The number of nitrogens with one attached hydrogen (secondary N) is 3. The van der Waals surface area contributed by atoms with Gasteiger partial charge in [0, 0.05) is 16.4 Å². The molecule has 2 amide bonds. The van der Waals surface area contributed by atoms with E-state index in [1.54, 1.807) is 43.3 Å². The summed E-state index contributed by atoms with van der Waals surface area (Å²) in [6.45, 7) is 3.70. The van der Waals surface area contributed by atoms with Crippen LogP contribution in [0.3, 0.4) is 0 Å². The molecule has 138 valence electrons. The van der Waals surface area contributed by atoms with Gasteiger partial charge in [0.05, 0.1) is 13.2 Å². The molecule has 26 heavy (non-hydrogen) atoms. The summed E-state index contributed by atoms with van der Waals surface area (Å²) >= 11 is 5.88. The van der Waals surface area contributed by atoms with E-state index in [4.69, 9.17) is 11.6 Å². The van der Waals surface area contributed by atoms with Crippen LogP contribution in [-0.4, -0.2) is 25.2 Å². The predicted molar refractivity (Wildman–Crippen MR) is 104 cm³/mol. The smallest absolute Gasteiger partial charge is 0.411 e. The molecule has 0 aliphatic heterocycles. The molecule has 0 saturated heterocycles. The summed E-state index contributed by atoms with van der Waals surface area (Å²) < 4.78 is 4.53. The van der Waals surface area contributed by atoms with Gasteiger partial charge >= 0.3 is 6.09 Å². The van der Waals surface area contributed by atoms with Gasteiger partial charge in [-0.1, -0.05) is 23.7 Å². The van der Waals surface area contributed by atoms with Crippen LogP contribution in [0.4, 0.5) is 16.2 Å². The molecular weight excluding hydrogens is 354 g/mol. The van der Waals surface area contributed by atoms with Gasteiger partial charge in [-0.05, 0) is 55.8 Å². The molecule has 2 rings (SSSR count). The van der Waals surface area contributed by atoms with Crippen molar-refractivity contribution in [3.05, 3.63) is 59.1 Å². The SMILES string of the molecule is COC(=O)Nc1ccc(NC(C)C(=O)NC(C)c2ccc(Cl)cc2)cc1. The highest BCUT2D eigenvalue weighted by atomic mass is 35.5. The number of anilines is 2. The molecule has 0 bridgehead atoms. The lowest BCUT2D eigenvalue weighted by molar-refractivity contribution is -0.122. The number of hydrogen-bond acceptors (Lipinski definition) is 4. The molecule has 7 heteroatoms. The summed E-state index contributed by atoms with van der Waals surface area (Å²) in [5.74, 6) is -0.121. The van der Waals surface area contributed by atoms with E-state index in [0.29, 0.717) is 10.7 Å². The third kappa shape index (κ3) is 5.67. The molecule has 0 fully saturated rings. The van der Waals surface area contributed by atoms with Crippen LogP contribution in [0.25, 0.3) is 0 Å². The maximum absolute atomic E-state index is 12.4. The van der Waals surface area contributed by atoms with Gasteiger partial charge in [0.1, 0.15) is 6.04 Å². The summed E-state index contributed by atoms with van der Waals surface area (Å²) in [6.07, 6.45) is -0.533. The van der Waals surface area contributed by atoms with Gasteiger partial charge in [-0.15, -0.1) is 0 Å². The predicted octanol–water partition coefficient (Wildman–Crippen LogP) is 4.20. The minimum atomic E-state index is -0.533. The van der Waals surface area contributed by atoms with E-state index in [0.717, 1.165) is 11.3 Å². The summed E-state index contributed by atoms with van der Waals surface area (Å²) in [6, 6.07) is 13.8. The van der Waals surface area contributed by atoms with Crippen molar-refractivity contribution in [3.8, 4) is 0 Å². The van der Waals surface area contributed by atoms with Crippen LogP contribution in [-0.2, 0) is 9.53 Å². The fraction of sp³-hybridized carbons (Fsp3) is 0.263. The maximum Gasteiger partial charge on any atom is 0.411 e. The monoisotopic (exact) mass is 375 g/mol. The Labute approximate surface area is 157 Å². The second-order valence-electron chi connectivity index (χ2n) is 5.84. The third-order valence-corrected chi connectivity index (χ3v) is 4.07. The molecular formula is C19H22ClN3O3. The zero-order valence-electron chi connectivity index (χ0n) is 14.9. The molecule has 6 nitrogen and oxygen atoms in total. The number of benzene rings is 2. The molecule has 2 unspecified atom stereocenters. The normalized spacial score (nSPS) is 12.6. The van der Waals surface area contributed by atoms with E-state index < -0.39 is 12.1 Å². The topological polar surface area (TPSA) is 79.5 Å². The number of methoxy groups -OCH3 is 1. The van der Waals surface area contributed by atoms with Crippen molar-refractivity contribution in [2.24, 2.45) is 0 Å². The Bertz CT molecular complexity index is 748. The molecule has 2 aromatic carbocycles. The van der Waals surface area contributed by atoms with Gasteiger partial charge in [0.2, 0.25) is 5.91 Å². The minimum Gasteiger partial charge on any atom is -0.453 e. The molecule has 2 atom stereocenters. The molecule has 0 heterocycles. The van der Waals surface area contributed by atoms with Crippen LogP contribution in [0.1, 0.15) is 25.5 Å². The van der Waals surface area contributed by atoms with E-state index in [1.165, 1.54) is 7.11 Å². The van der Waals surface area contributed by atoms with E-state index >= 15 is 0 Å². The number of rotatable bonds is 6. The Balaban J connectivity index is 1.89. The average Bonchev–Trinajstić information content (AvgIpc) is 2.63. The fourth-order valence-electron chi connectivity index (χ4n) is 2.31. The molecule has 2 aromatic rings. The largest absolute Gasteiger partial charge is 0.453 e. The first-order valence-corrected chi connectivity index (χ1v) is 8.54. The molecule has 0 spiro atoms. The fourth-order valence-corrected chi connectivity index (χ4v) is 2.43. The first-order chi connectivity index (χ1) is 12.4. The number of halogens is 1. The highest BCUT2D eigenvalue weighted by Gasteiger charge is 2.16. The zero-order chi connectivity index (χ0) is 19.1. The molecule has 3 N–H and O–H groups in total. The highest BCUT2D eigenvalue weighted by Crippen LogP contribution is 2.17. The first-order valence-electron chi connectivity index (χ1n) is 8.16. The average molecular weight is 376 g/mol. The van der Waals surface area contributed by atoms with Gasteiger partial charge in [0.25, 0.3) is 0 Å². The lowest BCUT2D eigenvalue weighted by Crippen LogP contribution is -2.38. The Morgan fingerprint density at radius 3 is 2.12 bits per heavy atom. The minimum absolute atomic E-state index is 0.121. The van der Waals surface area contributed by atoms with Gasteiger partial charge in [-0.2, -0.15) is 0 Å². The van der Waals surface area contributed by atoms with Crippen molar-refractivity contribution >= 4 is 35.0 Å². The van der Waals surface area contributed by atoms with Crippen molar-refractivity contribution < 1.29 is 14.3 Å². The Morgan fingerprint density at radius 2 is 1.54 bits per heavy atom. The van der Waals surface area contributed by atoms with Crippen molar-refractivity contribution in [2.45, 2.75) is 25.9 Å². The second kappa shape index (κ2) is 9.10. The van der Waals surface area contributed by atoms with Gasteiger partial charge < -0.3 is 15.4 Å². The molecule has 0 radical (unpaired) electrons. The summed E-state index contributed by atoms with van der Waals surface area (Å²) in [5.41, 5.74) is 2.35. The summed E-state index contributed by atoms with van der Waals surface area (Å²) in [5, 5.41) is 9.31. The third-order valence-electron chi connectivity index (χ3n) is 3.82. The van der Waals surface area contributed by atoms with Crippen LogP contribution in [0.15, 0.2) is 48.5 Å². The molecule has 0 saturated carbocycles.